The lowest BCUT2D eigenvalue weighted by Crippen LogP contribution is -2.60. The van der Waals surface area contributed by atoms with Crippen LogP contribution < -0.4 is 18.9 Å². The zero-order chi connectivity index (χ0) is 60.9. The SMILES string of the molecule is O=C(O[C@@H]1Cc2c(O)cc(O)c([C@H]3c4c(O)cc(O)c([C@H]5c6c(O)cc(O[C@@H]7O[C@H](CO)[C@@H](O)[C@H](O)[C@H]7O)cc6O[C@H](c6ccc(O)c(O)c6)[C@@H]5O)c4O[C@H](c4ccc(O)c(O)c4)[C@@H]3O)c2O[C@@H]1c1ccc(O)c(O)c1)c1cc(O)c(O)c(O)c1. The summed E-state index contributed by atoms with van der Waals surface area (Å²) in [6.07, 6.45) is -20.4. The lowest BCUT2D eigenvalue weighted by Gasteiger charge is -2.43. The molecule has 4 aliphatic heterocycles. The number of aliphatic hydroxyl groups is 6. The maximum atomic E-state index is 13.8. The standard InChI is InChI=1S/C58H52O27/c59-17-39-47(74)50(77)51(78)58(83-39)80-22-12-31(67)40-37(13-22)81-53(19-2-5-25(61)29(65)8-19)48(75)44(40)42-33(69)16-34(70)43-45(49(76)54(85-56(42)43)20-3-6-26(62)30(66)9-20)41-32(68)15-27(63)23-14-38(82-57(79)21-10-35(71)46(73)36(72)11-21)52(84-55(23)41)18-1-4-24(60)28(64)7-18/h1-13,15-16,38-39,44-45,47-54,58-78H,14,17H2/t38-,39-,44-,45+,47-,48-,49-,50+,51-,52-,53-,54-,58-/m1/s1. The Balaban J connectivity index is 1.11. The number of rotatable bonds is 10. The molecule has 20 N–H and O–H groups in total. The lowest BCUT2D eigenvalue weighted by atomic mass is 9.73. The first-order valence-electron chi connectivity index (χ1n) is 25.7. The molecule has 0 spiro atoms. The number of carbonyl (C=O) groups is 1. The van der Waals surface area contributed by atoms with Crippen molar-refractivity contribution in [2.75, 3.05) is 6.61 Å². The van der Waals surface area contributed by atoms with Crippen molar-refractivity contribution in [3.05, 3.63) is 141 Å². The predicted molar refractivity (Wildman–Crippen MR) is 282 cm³/mol. The van der Waals surface area contributed by atoms with Crippen molar-refractivity contribution in [2.24, 2.45) is 0 Å². The summed E-state index contributed by atoms with van der Waals surface area (Å²) in [5.41, 5.74) is -2.92. The number of hydrogen-bond acceptors (Lipinski definition) is 27. The van der Waals surface area contributed by atoms with Gasteiger partial charge in [0.2, 0.25) is 6.29 Å². The molecule has 1 saturated heterocycles. The Morgan fingerprint density at radius 1 is 0.447 bits per heavy atom. The summed E-state index contributed by atoms with van der Waals surface area (Å²) in [7, 11) is 0. The molecule has 0 saturated carbocycles. The number of phenols is 14. The Morgan fingerprint density at radius 3 is 1.45 bits per heavy atom. The van der Waals surface area contributed by atoms with Crippen LogP contribution in [0.2, 0.25) is 0 Å². The molecule has 7 aromatic rings. The predicted octanol–water partition coefficient (Wildman–Crippen LogP) is 2.90. The Kier molecular flexibility index (Phi) is 14.3. The fraction of sp³-hybridized carbons (Fsp3) is 0.259. The van der Waals surface area contributed by atoms with E-state index in [2.05, 4.69) is 0 Å². The highest BCUT2D eigenvalue weighted by Gasteiger charge is 2.52. The third kappa shape index (κ3) is 9.73. The van der Waals surface area contributed by atoms with Gasteiger partial charge in [-0.15, -0.1) is 0 Å². The van der Waals surface area contributed by atoms with E-state index in [1.165, 1.54) is 18.2 Å². The number of esters is 1. The molecule has 85 heavy (non-hydrogen) atoms. The van der Waals surface area contributed by atoms with Crippen molar-refractivity contribution in [3.8, 4) is 103 Å². The third-order valence-electron chi connectivity index (χ3n) is 15.5. The highest BCUT2D eigenvalue weighted by atomic mass is 16.7. The number of benzene rings is 7. The van der Waals surface area contributed by atoms with Crippen LogP contribution in [0.4, 0.5) is 0 Å². The smallest absolute Gasteiger partial charge is 0.338 e. The van der Waals surface area contributed by atoms with E-state index in [0.29, 0.717) is 0 Å². The molecule has 1 fully saturated rings. The first-order chi connectivity index (χ1) is 40.3. The molecule has 27 heteroatoms. The van der Waals surface area contributed by atoms with Crippen LogP contribution in [0.5, 0.6) is 103 Å². The van der Waals surface area contributed by atoms with E-state index in [1.807, 2.05) is 0 Å². The first-order valence-corrected chi connectivity index (χ1v) is 25.7. The quantitative estimate of drug-likeness (QED) is 0.0691. The van der Waals surface area contributed by atoms with E-state index in [-0.39, 0.29) is 39.3 Å². The molecule has 4 heterocycles. The van der Waals surface area contributed by atoms with E-state index in [9.17, 15) is 107 Å². The minimum atomic E-state index is -2.10. The molecule has 4 aliphatic rings. The summed E-state index contributed by atoms with van der Waals surface area (Å²) in [5.74, 6) is -17.9. The van der Waals surface area contributed by atoms with Crippen molar-refractivity contribution < 1.29 is 135 Å². The molecule has 0 aliphatic carbocycles. The minimum Gasteiger partial charge on any atom is -0.507 e. The third-order valence-corrected chi connectivity index (χ3v) is 15.5. The molecule has 0 bridgehead atoms. The lowest BCUT2D eigenvalue weighted by molar-refractivity contribution is -0.277. The van der Waals surface area contributed by atoms with Crippen molar-refractivity contribution in [2.45, 2.75) is 85.6 Å². The molecule has 27 nitrogen and oxygen atoms in total. The normalized spacial score (nSPS) is 25.9. The summed E-state index contributed by atoms with van der Waals surface area (Å²) in [4.78, 5) is 13.8. The van der Waals surface area contributed by atoms with Crippen LogP contribution in [0, 0.1) is 0 Å². The van der Waals surface area contributed by atoms with Crippen LogP contribution in [-0.2, 0) is 15.9 Å². The maximum Gasteiger partial charge on any atom is 0.338 e. The molecule has 7 aromatic carbocycles. The highest BCUT2D eigenvalue weighted by Crippen LogP contribution is 2.63. The van der Waals surface area contributed by atoms with Gasteiger partial charge in [0, 0.05) is 64.1 Å². The largest absolute Gasteiger partial charge is 0.507 e. The molecule has 11 rings (SSSR count). The second kappa shape index (κ2) is 21.4. The van der Waals surface area contributed by atoms with Crippen molar-refractivity contribution in [1.29, 1.82) is 0 Å². The van der Waals surface area contributed by atoms with E-state index in [1.54, 1.807) is 0 Å². The number of carbonyl (C=O) groups excluding carboxylic acids is 1. The van der Waals surface area contributed by atoms with Gasteiger partial charge >= 0.3 is 5.97 Å². The Bertz CT molecular complexity index is 3790. The van der Waals surface area contributed by atoms with Crippen LogP contribution in [0.3, 0.4) is 0 Å². The summed E-state index contributed by atoms with van der Waals surface area (Å²) in [6.45, 7) is -0.839. The van der Waals surface area contributed by atoms with E-state index < -0.39 is 212 Å². The molecule has 13 atom stereocenters. The first kappa shape index (κ1) is 57.0. The molecule has 446 valence electrons. The summed E-state index contributed by atoms with van der Waals surface area (Å²) in [5, 5.41) is 222. The fourth-order valence-corrected chi connectivity index (χ4v) is 11.3. The average Bonchev–Trinajstić information content (AvgIpc) is 1.10. The Labute approximate surface area is 476 Å². The van der Waals surface area contributed by atoms with Gasteiger partial charge in [0.05, 0.1) is 24.0 Å². The van der Waals surface area contributed by atoms with Crippen LogP contribution in [0.1, 0.15) is 85.0 Å². The van der Waals surface area contributed by atoms with E-state index >= 15 is 0 Å². The molecular weight excluding hydrogens is 1130 g/mol. The number of ether oxygens (including phenoxy) is 6. The highest BCUT2D eigenvalue weighted by molar-refractivity contribution is 5.91. The average molecular weight is 1180 g/mol. The summed E-state index contributed by atoms with van der Waals surface area (Å²) < 4.78 is 36.7. The van der Waals surface area contributed by atoms with Crippen molar-refractivity contribution in [3.63, 3.8) is 0 Å². The number of hydrogen-bond donors (Lipinski definition) is 20. The van der Waals surface area contributed by atoms with Crippen LogP contribution >= 0.6 is 0 Å². The number of phenolic OH excluding ortho intramolecular Hbond substituents is 14. The van der Waals surface area contributed by atoms with Gasteiger partial charge in [0.1, 0.15) is 94.5 Å². The van der Waals surface area contributed by atoms with Gasteiger partial charge in [0.15, 0.2) is 70.1 Å². The van der Waals surface area contributed by atoms with Crippen LogP contribution in [0.15, 0.2) is 91.0 Å². The Morgan fingerprint density at radius 2 is 0.918 bits per heavy atom. The molecule has 0 radical (unpaired) electrons. The van der Waals surface area contributed by atoms with Gasteiger partial charge in [-0.05, 0) is 59.7 Å². The summed E-state index contributed by atoms with van der Waals surface area (Å²) >= 11 is 0. The van der Waals surface area contributed by atoms with Gasteiger partial charge in [-0.3, -0.25) is 0 Å². The molecular formula is C58H52O27. The van der Waals surface area contributed by atoms with Crippen LogP contribution in [-0.4, -0.2) is 164 Å². The van der Waals surface area contributed by atoms with Gasteiger partial charge in [-0.1, -0.05) is 18.2 Å². The van der Waals surface area contributed by atoms with Crippen molar-refractivity contribution in [1.82, 2.24) is 0 Å². The zero-order valence-corrected chi connectivity index (χ0v) is 43.4. The number of aromatic hydroxyl groups is 14. The zero-order valence-electron chi connectivity index (χ0n) is 43.4. The van der Waals surface area contributed by atoms with E-state index in [0.717, 1.165) is 72.8 Å². The van der Waals surface area contributed by atoms with Gasteiger partial charge in [0.25, 0.3) is 0 Å². The molecule has 0 unspecified atom stereocenters. The minimum absolute atomic E-state index is 0.0467. The van der Waals surface area contributed by atoms with Gasteiger partial charge < -0.3 is 131 Å². The number of fused-ring (bicyclic) bond motifs is 3. The van der Waals surface area contributed by atoms with E-state index in [4.69, 9.17) is 28.4 Å². The van der Waals surface area contributed by atoms with Crippen LogP contribution in [0.25, 0.3) is 0 Å². The maximum absolute atomic E-state index is 13.8. The number of aliphatic hydroxyl groups excluding tert-OH is 6. The fourth-order valence-electron chi connectivity index (χ4n) is 11.3. The van der Waals surface area contributed by atoms with Crippen molar-refractivity contribution >= 4 is 5.97 Å². The monoisotopic (exact) mass is 1180 g/mol. The molecule has 0 amide bonds. The second-order valence-corrected chi connectivity index (χ2v) is 20.7. The second-order valence-electron chi connectivity index (χ2n) is 20.7. The summed E-state index contributed by atoms with van der Waals surface area (Å²) in [6, 6.07) is 14.9. The topological polar surface area (TPSA) is 477 Å². The van der Waals surface area contributed by atoms with Gasteiger partial charge in [-0.2, -0.15) is 0 Å². The molecule has 0 aromatic heterocycles. The van der Waals surface area contributed by atoms with Gasteiger partial charge in [-0.25, -0.2) is 4.79 Å². The Hall–Kier alpha value is -9.87.